The third-order valence-corrected chi connectivity index (χ3v) is 2.39. The second-order valence-corrected chi connectivity index (χ2v) is 3.51. The Kier molecular flexibility index (Phi) is 4.17. The average Bonchev–Trinajstić information content (AvgIpc) is 2.19. The van der Waals surface area contributed by atoms with E-state index in [1.165, 1.54) is 0 Å². The summed E-state index contributed by atoms with van der Waals surface area (Å²) in [6.07, 6.45) is 3.00. The van der Waals surface area contributed by atoms with Gasteiger partial charge in [-0.25, -0.2) is 0 Å². The molecule has 0 saturated heterocycles. The maximum atomic E-state index is 11.2. The van der Waals surface area contributed by atoms with Crippen LogP contribution in [0.4, 0.5) is 0 Å². The maximum absolute atomic E-state index is 11.2. The molecule has 1 aromatic carbocycles. The van der Waals surface area contributed by atoms with Crippen molar-refractivity contribution in [1.82, 2.24) is 0 Å². The van der Waals surface area contributed by atoms with E-state index in [0.29, 0.717) is 0 Å². The van der Waals surface area contributed by atoms with Crippen LogP contribution < -0.4 is 5.73 Å². The van der Waals surface area contributed by atoms with Crippen LogP contribution in [0, 0.1) is 0 Å². The Hall–Kier alpha value is -1.31. The summed E-state index contributed by atoms with van der Waals surface area (Å²) >= 11 is 0. The van der Waals surface area contributed by atoms with Gasteiger partial charge in [-0.1, -0.05) is 50.1 Å². The summed E-state index contributed by atoms with van der Waals surface area (Å²) in [4.78, 5) is 11.2. The highest BCUT2D eigenvalue weighted by atomic mass is 16.1. The van der Waals surface area contributed by atoms with Crippen molar-refractivity contribution in [3.05, 3.63) is 35.9 Å². The minimum atomic E-state index is -0.218. The van der Waals surface area contributed by atoms with Crippen molar-refractivity contribution in [2.45, 2.75) is 32.1 Å². The Morgan fingerprint density at radius 1 is 1.36 bits per heavy atom. The smallest absolute Gasteiger partial charge is 0.224 e. The zero-order valence-corrected chi connectivity index (χ0v) is 8.57. The number of unbranched alkanes of at least 4 members (excludes halogenated alkanes) is 1. The minimum absolute atomic E-state index is 0.115. The summed E-state index contributed by atoms with van der Waals surface area (Å²) < 4.78 is 0. The van der Waals surface area contributed by atoms with Gasteiger partial charge in [-0.05, 0) is 12.0 Å². The van der Waals surface area contributed by atoms with Crippen LogP contribution in [0.25, 0.3) is 0 Å². The molecule has 1 rings (SSSR count). The molecule has 0 aromatic heterocycles. The highest BCUT2D eigenvalue weighted by Crippen LogP contribution is 2.21. The number of benzene rings is 1. The van der Waals surface area contributed by atoms with Gasteiger partial charge < -0.3 is 5.73 Å². The molecule has 76 valence electrons. The van der Waals surface area contributed by atoms with E-state index in [9.17, 15) is 4.79 Å². The third kappa shape index (κ3) is 2.87. The van der Waals surface area contributed by atoms with Crippen molar-refractivity contribution in [2.75, 3.05) is 0 Å². The standard InChI is InChI=1S/C12H17NO/c1-2-3-9-11(12(13)14)10-7-5-4-6-8-10/h4-8,11H,2-3,9H2,1H3,(H2,13,14)/t11-/m0/s1. The van der Waals surface area contributed by atoms with Gasteiger partial charge in [0, 0.05) is 0 Å². The summed E-state index contributed by atoms with van der Waals surface area (Å²) in [5, 5.41) is 0. The highest BCUT2D eigenvalue weighted by Gasteiger charge is 2.16. The Balaban J connectivity index is 2.73. The van der Waals surface area contributed by atoms with Crippen LogP contribution in [0.5, 0.6) is 0 Å². The molecule has 2 N–H and O–H groups in total. The number of rotatable bonds is 5. The van der Waals surface area contributed by atoms with E-state index in [1.54, 1.807) is 0 Å². The summed E-state index contributed by atoms with van der Waals surface area (Å²) in [6.45, 7) is 2.11. The number of primary amides is 1. The molecule has 14 heavy (non-hydrogen) atoms. The molecular weight excluding hydrogens is 174 g/mol. The number of nitrogens with two attached hydrogens (primary N) is 1. The van der Waals surface area contributed by atoms with Gasteiger partial charge in [-0.15, -0.1) is 0 Å². The summed E-state index contributed by atoms with van der Waals surface area (Å²) in [7, 11) is 0. The first-order valence-corrected chi connectivity index (χ1v) is 5.10. The molecule has 1 atom stereocenters. The average molecular weight is 191 g/mol. The molecule has 0 radical (unpaired) electrons. The lowest BCUT2D eigenvalue weighted by Gasteiger charge is -2.12. The number of amides is 1. The van der Waals surface area contributed by atoms with Gasteiger partial charge in [0.1, 0.15) is 0 Å². The number of carbonyl (C=O) groups excluding carboxylic acids is 1. The van der Waals surface area contributed by atoms with Gasteiger partial charge in [0.2, 0.25) is 5.91 Å². The Morgan fingerprint density at radius 2 is 2.00 bits per heavy atom. The molecule has 2 heteroatoms. The first-order valence-electron chi connectivity index (χ1n) is 5.10. The molecule has 0 aliphatic carbocycles. The molecule has 0 heterocycles. The van der Waals surface area contributed by atoms with Crippen molar-refractivity contribution in [2.24, 2.45) is 5.73 Å². The Bertz CT molecular complexity index is 282. The fourth-order valence-electron chi connectivity index (χ4n) is 1.57. The fraction of sp³-hybridized carbons (Fsp3) is 0.417. The summed E-state index contributed by atoms with van der Waals surface area (Å²) in [5.74, 6) is -0.333. The van der Waals surface area contributed by atoms with Crippen LogP contribution in [-0.4, -0.2) is 5.91 Å². The van der Waals surface area contributed by atoms with Crippen molar-refractivity contribution in [3.8, 4) is 0 Å². The van der Waals surface area contributed by atoms with E-state index in [4.69, 9.17) is 5.73 Å². The van der Waals surface area contributed by atoms with Crippen LogP contribution in [0.1, 0.15) is 37.7 Å². The first kappa shape index (κ1) is 10.8. The van der Waals surface area contributed by atoms with Crippen LogP contribution in [0.3, 0.4) is 0 Å². The summed E-state index contributed by atoms with van der Waals surface area (Å²) in [5.41, 5.74) is 6.41. The number of hydrogen-bond donors (Lipinski definition) is 1. The van der Waals surface area contributed by atoms with Gasteiger partial charge in [-0.3, -0.25) is 4.79 Å². The van der Waals surface area contributed by atoms with Crippen LogP contribution >= 0.6 is 0 Å². The van der Waals surface area contributed by atoms with E-state index in [-0.39, 0.29) is 11.8 Å². The number of hydrogen-bond acceptors (Lipinski definition) is 1. The zero-order valence-electron chi connectivity index (χ0n) is 8.57. The van der Waals surface area contributed by atoms with Gasteiger partial charge in [0.05, 0.1) is 5.92 Å². The first-order chi connectivity index (χ1) is 6.75. The van der Waals surface area contributed by atoms with Gasteiger partial charge in [-0.2, -0.15) is 0 Å². The van der Waals surface area contributed by atoms with Crippen LogP contribution in [-0.2, 0) is 4.79 Å². The molecule has 0 fully saturated rings. The topological polar surface area (TPSA) is 43.1 Å². The van der Waals surface area contributed by atoms with Crippen molar-refractivity contribution in [3.63, 3.8) is 0 Å². The zero-order chi connectivity index (χ0) is 10.4. The molecule has 0 aliphatic heterocycles. The van der Waals surface area contributed by atoms with E-state index < -0.39 is 0 Å². The predicted molar refractivity (Wildman–Crippen MR) is 57.9 cm³/mol. The molecule has 0 saturated carbocycles. The van der Waals surface area contributed by atoms with E-state index in [2.05, 4.69) is 6.92 Å². The second-order valence-electron chi connectivity index (χ2n) is 3.51. The second kappa shape index (κ2) is 5.43. The molecule has 0 unspecified atom stereocenters. The van der Waals surface area contributed by atoms with Crippen molar-refractivity contribution in [1.29, 1.82) is 0 Å². The lowest BCUT2D eigenvalue weighted by molar-refractivity contribution is -0.119. The monoisotopic (exact) mass is 191 g/mol. The lowest BCUT2D eigenvalue weighted by atomic mass is 9.93. The Morgan fingerprint density at radius 3 is 2.50 bits per heavy atom. The van der Waals surface area contributed by atoms with E-state index in [1.807, 2.05) is 30.3 Å². The SMILES string of the molecule is CCCC[C@H](C(N)=O)c1ccccc1. The Labute approximate surface area is 85.1 Å². The quantitative estimate of drug-likeness (QED) is 0.763. The molecular formula is C12H17NO. The lowest BCUT2D eigenvalue weighted by Crippen LogP contribution is -2.21. The van der Waals surface area contributed by atoms with E-state index in [0.717, 1.165) is 24.8 Å². The molecule has 0 aliphatic rings. The van der Waals surface area contributed by atoms with Crippen LogP contribution in [0.2, 0.25) is 0 Å². The molecule has 0 spiro atoms. The summed E-state index contributed by atoms with van der Waals surface area (Å²) in [6, 6.07) is 9.76. The number of carbonyl (C=O) groups is 1. The van der Waals surface area contributed by atoms with Crippen molar-refractivity contribution >= 4 is 5.91 Å². The van der Waals surface area contributed by atoms with Gasteiger partial charge >= 0.3 is 0 Å². The van der Waals surface area contributed by atoms with Crippen molar-refractivity contribution < 1.29 is 4.79 Å². The largest absolute Gasteiger partial charge is 0.369 e. The molecule has 1 aromatic rings. The molecule has 0 bridgehead atoms. The predicted octanol–water partition coefficient (Wildman–Crippen LogP) is 2.45. The van der Waals surface area contributed by atoms with Gasteiger partial charge in [0.15, 0.2) is 0 Å². The van der Waals surface area contributed by atoms with Crippen LogP contribution in [0.15, 0.2) is 30.3 Å². The molecule has 2 nitrogen and oxygen atoms in total. The molecule has 1 amide bonds. The fourth-order valence-corrected chi connectivity index (χ4v) is 1.57. The normalized spacial score (nSPS) is 12.4. The van der Waals surface area contributed by atoms with E-state index >= 15 is 0 Å². The third-order valence-electron chi connectivity index (χ3n) is 2.39. The maximum Gasteiger partial charge on any atom is 0.224 e. The van der Waals surface area contributed by atoms with Gasteiger partial charge in [0.25, 0.3) is 0 Å². The minimum Gasteiger partial charge on any atom is -0.369 e. The highest BCUT2D eigenvalue weighted by molar-refractivity contribution is 5.81.